The Hall–Kier alpha value is -1.92. The van der Waals surface area contributed by atoms with Crippen LogP contribution in [0.3, 0.4) is 0 Å². The van der Waals surface area contributed by atoms with Crippen LogP contribution in [0, 0.1) is 0 Å². The van der Waals surface area contributed by atoms with Crippen molar-refractivity contribution >= 4 is 22.6 Å². The minimum absolute atomic E-state index is 0.446. The highest BCUT2D eigenvalue weighted by Gasteiger charge is 2.21. The molecule has 2 aromatic carbocycles. The van der Waals surface area contributed by atoms with E-state index in [0.717, 1.165) is 48.7 Å². The van der Waals surface area contributed by atoms with Crippen molar-refractivity contribution in [3.8, 4) is 11.4 Å². The summed E-state index contributed by atoms with van der Waals surface area (Å²) >= 11 is 6.18. The molecule has 2 heterocycles. The summed E-state index contributed by atoms with van der Waals surface area (Å²) in [6.07, 6.45) is -0.446. The third kappa shape index (κ3) is 3.76. The van der Waals surface area contributed by atoms with Gasteiger partial charge in [0.1, 0.15) is 31.6 Å². The van der Waals surface area contributed by atoms with Crippen LogP contribution in [0.2, 0.25) is 5.02 Å². The summed E-state index contributed by atoms with van der Waals surface area (Å²) in [5.74, 6) is 0.838. The molecule has 0 bridgehead atoms. The molecular formula is C20H23ClN3O2+. The highest BCUT2D eigenvalue weighted by atomic mass is 35.5. The molecule has 0 spiro atoms. The number of para-hydroxylation sites is 2. The number of imidazole rings is 1. The average molecular weight is 373 g/mol. The third-order valence-electron chi connectivity index (χ3n) is 4.85. The summed E-state index contributed by atoms with van der Waals surface area (Å²) < 4.78 is 7.51. The topological polar surface area (TPSA) is 51.7 Å². The molecule has 0 saturated carbocycles. The van der Waals surface area contributed by atoms with Crippen LogP contribution in [0.25, 0.3) is 22.4 Å². The SMILES string of the molecule is O[C@@H](Cn1c(-c2cccc(Cl)c2)nc2ccccc21)C[NH+]1CCOCC1. The highest BCUT2D eigenvalue weighted by Crippen LogP contribution is 2.26. The normalized spacial score (nSPS) is 16.8. The van der Waals surface area contributed by atoms with Crippen LogP contribution in [0.1, 0.15) is 0 Å². The van der Waals surface area contributed by atoms with Crippen LogP contribution in [0.5, 0.6) is 0 Å². The minimum atomic E-state index is -0.446. The van der Waals surface area contributed by atoms with Gasteiger partial charge in [0.15, 0.2) is 0 Å². The van der Waals surface area contributed by atoms with Crippen molar-refractivity contribution in [2.75, 3.05) is 32.8 Å². The van der Waals surface area contributed by atoms with Crippen LogP contribution in [-0.4, -0.2) is 53.6 Å². The van der Waals surface area contributed by atoms with E-state index in [1.54, 1.807) is 0 Å². The average Bonchev–Trinajstić information content (AvgIpc) is 3.01. The Kier molecular flexibility index (Phi) is 5.22. The summed E-state index contributed by atoms with van der Waals surface area (Å²) in [6.45, 7) is 4.65. The number of ether oxygens (including phenoxy) is 1. The van der Waals surface area contributed by atoms with E-state index in [-0.39, 0.29) is 0 Å². The second-order valence-corrected chi connectivity index (χ2v) is 7.20. The van der Waals surface area contributed by atoms with Crippen molar-refractivity contribution < 1.29 is 14.7 Å². The summed E-state index contributed by atoms with van der Waals surface area (Å²) in [5.41, 5.74) is 2.91. The molecule has 5 nitrogen and oxygen atoms in total. The lowest BCUT2D eigenvalue weighted by molar-refractivity contribution is -0.911. The molecule has 26 heavy (non-hydrogen) atoms. The molecule has 136 valence electrons. The molecule has 2 N–H and O–H groups in total. The number of hydrogen-bond donors (Lipinski definition) is 2. The Morgan fingerprint density at radius 1 is 1.15 bits per heavy atom. The van der Waals surface area contributed by atoms with Gasteiger partial charge in [0.2, 0.25) is 0 Å². The molecule has 0 aliphatic carbocycles. The van der Waals surface area contributed by atoms with Gasteiger partial charge in [0.05, 0.1) is 30.8 Å². The lowest BCUT2D eigenvalue weighted by atomic mass is 10.2. The maximum Gasteiger partial charge on any atom is 0.141 e. The molecule has 0 unspecified atom stereocenters. The van der Waals surface area contributed by atoms with E-state index in [1.165, 1.54) is 4.90 Å². The van der Waals surface area contributed by atoms with Gasteiger partial charge in [-0.1, -0.05) is 35.9 Å². The zero-order valence-electron chi connectivity index (χ0n) is 14.6. The van der Waals surface area contributed by atoms with E-state index < -0.39 is 6.10 Å². The van der Waals surface area contributed by atoms with E-state index in [4.69, 9.17) is 21.3 Å². The first kappa shape index (κ1) is 17.5. The predicted octanol–water partition coefficient (Wildman–Crippen LogP) is 1.63. The molecule has 1 saturated heterocycles. The molecule has 6 heteroatoms. The fraction of sp³-hybridized carbons (Fsp3) is 0.350. The largest absolute Gasteiger partial charge is 0.385 e. The van der Waals surface area contributed by atoms with Gasteiger partial charge >= 0.3 is 0 Å². The molecule has 1 fully saturated rings. The molecule has 4 rings (SSSR count). The van der Waals surface area contributed by atoms with E-state index in [2.05, 4.69) is 4.57 Å². The summed E-state index contributed by atoms with van der Waals surface area (Å²) in [6, 6.07) is 15.7. The summed E-state index contributed by atoms with van der Waals surface area (Å²) in [4.78, 5) is 6.18. The lowest BCUT2D eigenvalue weighted by Crippen LogP contribution is -3.15. The smallest absolute Gasteiger partial charge is 0.141 e. The minimum Gasteiger partial charge on any atom is -0.385 e. The molecule has 0 amide bonds. The number of nitrogens with one attached hydrogen (secondary N) is 1. The lowest BCUT2D eigenvalue weighted by Gasteiger charge is -2.26. The van der Waals surface area contributed by atoms with Gasteiger partial charge in [-0.05, 0) is 24.3 Å². The first-order valence-electron chi connectivity index (χ1n) is 9.01. The number of benzene rings is 2. The van der Waals surface area contributed by atoms with Crippen LogP contribution < -0.4 is 4.90 Å². The number of aromatic nitrogens is 2. The fourth-order valence-electron chi connectivity index (χ4n) is 3.58. The third-order valence-corrected chi connectivity index (χ3v) is 5.09. The highest BCUT2D eigenvalue weighted by molar-refractivity contribution is 6.30. The summed E-state index contributed by atoms with van der Waals surface area (Å²) in [7, 11) is 0. The Morgan fingerprint density at radius 3 is 2.77 bits per heavy atom. The van der Waals surface area contributed by atoms with Gasteiger partial charge in [-0.3, -0.25) is 0 Å². The van der Waals surface area contributed by atoms with Gasteiger partial charge < -0.3 is 19.3 Å². The van der Waals surface area contributed by atoms with E-state index in [0.29, 0.717) is 18.1 Å². The Balaban J connectivity index is 1.65. The van der Waals surface area contributed by atoms with E-state index in [1.807, 2.05) is 48.5 Å². The molecule has 0 radical (unpaired) electrons. The van der Waals surface area contributed by atoms with Gasteiger partial charge in [-0.2, -0.15) is 0 Å². The monoisotopic (exact) mass is 372 g/mol. The number of morpholine rings is 1. The number of nitrogens with zero attached hydrogens (tertiary/aromatic N) is 2. The van der Waals surface area contributed by atoms with Gasteiger partial charge in [0, 0.05) is 10.6 Å². The number of fused-ring (bicyclic) bond motifs is 1. The van der Waals surface area contributed by atoms with Gasteiger partial charge in [-0.15, -0.1) is 0 Å². The maximum atomic E-state index is 10.7. The molecule has 3 aromatic rings. The zero-order valence-corrected chi connectivity index (χ0v) is 15.3. The van der Waals surface area contributed by atoms with E-state index >= 15 is 0 Å². The first-order valence-corrected chi connectivity index (χ1v) is 9.39. The van der Waals surface area contributed by atoms with Crippen molar-refractivity contribution in [2.24, 2.45) is 0 Å². The molecule has 1 atom stereocenters. The van der Waals surface area contributed by atoms with Crippen molar-refractivity contribution in [3.63, 3.8) is 0 Å². The van der Waals surface area contributed by atoms with Crippen molar-refractivity contribution in [1.82, 2.24) is 9.55 Å². The van der Waals surface area contributed by atoms with Gasteiger partial charge in [-0.25, -0.2) is 4.98 Å². The quantitative estimate of drug-likeness (QED) is 0.715. The van der Waals surface area contributed by atoms with Crippen LogP contribution in [0.15, 0.2) is 48.5 Å². The van der Waals surface area contributed by atoms with Crippen molar-refractivity contribution in [3.05, 3.63) is 53.6 Å². The zero-order chi connectivity index (χ0) is 17.9. The molecule has 1 aliphatic heterocycles. The Morgan fingerprint density at radius 2 is 1.96 bits per heavy atom. The molecule has 1 aliphatic rings. The first-order chi connectivity index (χ1) is 12.7. The van der Waals surface area contributed by atoms with Crippen molar-refractivity contribution in [2.45, 2.75) is 12.6 Å². The number of halogens is 1. The second-order valence-electron chi connectivity index (χ2n) is 6.77. The Labute approximate surface area is 157 Å². The number of hydrogen-bond acceptors (Lipinski definition) is 3. The second kappa shape index (κ2) is 7.76. The van der Waals surface area contributed by atoms with Crippen LogP contribution >= 0.6 is 11.6 Å². The van der Waals surface area contributed by atoms with Gasteiger partial charge in [0.25, 0.3) is 0 Å². The molecular weight excluding hydrogens is 350 g/mol. The number of quaternary nitrogens is 1. The number of rotatable bonds is 5. The van der Waals surface area contributed by atoms with E-state index in [9.17, 15) is 5.11 Å². The van der Waals surface area contributed by atoms with Crippen LogP contribution in [0.4, 0.5) is 0 Å². The number of aliphatic hydroxyl groups is 1. The standard InChI is InChI=1S/C20H22ClN3O2/c21-16-5-3-4-15(12-16)20-22-18-6-1-2-7-19(18)24(20)14-17(25)13-23-8-10-26-11-9-23/h1-7,12,17,25H,8-11,13-14H2/p+1/t17-/m1/s1. The maximum absolute atomic E-state index is 10.7. The number of aliphatic hydroxyl groups excluding tert-OH is 1. The Bertz CT molecular complexity index is 890. The predicted molar refractivity (Wildman–Crippen MR) is 103 cm³/mol. The fourth-order valence-corrected chi connectivity index (χ4v) is 3.77. The molecule has 1 aromatic heterocycles. The van der Waals surface area contributed by atoms with Crippen molar-refractivity contribution in [1.29, 1.82) is 0 Å². The summed E-state index contributed by atoms with van der Waals surface area (Å²) in [5, 5.41) is 11.4. The van der Waals surface area contributed by atoms with Crippen LogP contribution in [-0.2, 0) is 11.3 Å².